The lowest BCUT2D eigenvalue weighted by Crippen LogP contribution is -2.52. The average Bonchev–Trinajstić information content (AvgIpc) is 3.58. The standard InChI is InChI=1S/C47H66N2O5/c1-44(2,3)35-22-33(23-36(26-35)45(4,5)6)29-48(30-34-24-37(46(7,8)9)27-38(25-34)47(10,11)12)40(28-41(50)54-31-32-18-15-14-16-19-32)42(51)49-21-17-20-39(49)43(52)53-13/h14-16,18-19,22-27,39-40H,17,20-21,28-31H2,1-13H3/t39-,40-/m0/s1. The molecule has 1 aliphatic heterocycles. The molecule has 7 nitrogen and oxygen atoms in total. The lowest BCUT2D eigenvalue weighted by atomic mass is 9.79. The summed E-state index contributed by atoms with van der Waals surface area (Å²) in [6.45, 7) is 28.0. The summed E-state index contributed by atoms with van der Waals surface area (Å²) < 4.78 is 11.0. The van der Waals surface area contributed by atoms with Crippen LogP contribution in [0.5, 0.6) is 0 Å². The maximum atomic E-state index is 15.0. The Hall–Kier alpha value is -3.97. The van der Waals surface area contributed by atoms with Crippen LogP contribution in [0.25, 0.3) is 0 Å². The van der Waals surface area contributed by atoms with Gasteiger partial charge in [-0.15, -0.1) is 0 Å². The lowest BCUT2D eigenvalue weighted by Gasteiger charge is -2.36. The summed E-state index contributed by atoms with van der Waals surface area (Å²) >= 11 is 0. The van der Waals surface area contributed by atoms with E-state index in [0.717, 1.165) is 16.7 Å². The number of likely N-dealkylation sites (tertiary alicyclic amines) is 1. The van der Waals surface area contributed by atoms with E-state index in [-0.39, 0.29) is 40.6 Å². The number of carbonyl (C=O) groups is 3. The summed E-state index contributed by atoms with van der Waals surface area (Å²) in [5, 5.41) is 0. The molecule has 1 saturated heterocycles. The van der Waals surface area contributed by atoms with Crippen LogP contribution >= 0.6 is 0 Å². The molecular weight excluding hydrogens is 673 g/mol. The van der Waals surface area contributed by atoms with Crippen LogP contribution in [0.1, 0.15) is 141 Å². The second-order valence-electron chi connectivity index (χ2n) is 19.3. The largest absolute Gasteiger partial charge is 0.467 e. The molecule has 294 valence electrons. The van der Waals surface area contributed by atoms with Crippen molar-refractivity contribution in [2.45, 2.75) is 156 Å². The van der Waals surface area contributed by atoms with E-state index in [9.17, 15) is 14.4 Å². The third-order valence-corrected chi connectivity index (χ3v) is 10.6. The molecule has 1 amide bonds. The Morgan fingerprint density at radius 1 is 0.685 bits per heavy atom. The SMILES string of the molecule is COC(=O)[C@@H]1CCCN1C(=O)[C@H](CC(=O)OCc1ccccc1)N(Cc1cc(C(C)(C)C)cc(C(C)(C)C)c1)Cc1cc(C(C)(C)C)cc(C(C)(C)C)c1. The van der Waals surface area contributed by atoms with E-state index in [1.54, 1.807) is 4.90 Å². The molecule has 1 heterocycles. The van der Waals surface area contributed by atoms with Crippen molar-refractivity contribution in [2.24, 2.45) is 0 Å². The van der Waals surface area contributed by atoms with Crippen LogP contribution in [-0.2, 0) is 65.2 Å². The fourth-order valence-electron chi connectivity index (χ4n) is 6.97. The van der Waals surface area contributed by atoms with Crippen LogP contribution < -0.4 is 0 Å². The zero-order chi connectivity index (χ0) is 40.2. The van der Waals surface area contributed by atoms with Crippen molar-refractivity contribution < 1.29 is 23.9 Å². The summed E-state index contributed by atoms with van der Waals surface area (Å²) in [6, 6.07) is 21.6. The van der Waals surface area contributed by atoms with E-state index in [4.69, 9.17) is 9.47 Å². The normalized spacial score (nSPS) is 16.0. The second kappa shape index (κ2) is 16.8. The maximum Gasteiger partial charge on any atom is 0.328 e. The van der Waals surface area contributed by atoms with Gasteiger partial charge in [0.2, 0.25) is 5.91 Å². The fourth-order valence-corrected chi connectivity index (χ4v) is 6.97. The first kappa shape index (κ1) is 42.8. The molecule has 0 spiro atoms. The van der Waals surface area contributed by atoms with Crippen molar-refractivity contribution in [3.05, 3.63) is 106 Å². The summed E-state index contributed by atoms with van der Waals surface area (Å²) in [7, 11) is 1.36. The molecule has 0 radical (unpaired) electrons. The van der Waals surface area contributed by atoms with Crippen molar-refractivity contribution in [1.29, 1.82) is 0 Å². The van der Waals surface area contributed by atoms with Gasteiger partial charge < -0.3 is 14.4 Å². The highest BCUT2D eigenvalue weighted by Crippen LogP contribution is 2.34. The van der Waals surface area contributed by atoms with Crippen LogP contribution in [-0.4, -0.2) is 53.4 Å². The van der Waals surface area contributed by atoms with Gasteiger partial charge in [-0.3, -0.25) is 14.5 Å². The second-order valence-corrected chi connectivity index (χ2v) is 19.3. The minimum Gasteiger partial charge on any atom is -0.467 e. The van der Waals surface area contributed by atoms with Crippen LogP contribution in [0.2, 0.25) is 0 Å². The lowest BCUT2D eigenvalue weighted by molar-refractivity contribution is -0.156. The molecule has 54 heavy (non-hydrogen) atoms. The van der Waals surface area contributed by atoms with E-state index in [1.807, 2.05) is 30.3 Å². The van der Waals surface area contributed by atoms with Gasteiger partial charge >= 0.3 is 11.9 Å². The average molecular weight is 739 g/mol. The molecule has 0 aromatic heterocycles. The Labute approximate surface area is 325 Å². The summed E-state index contributed by atoms with van der Waals surface area (Å²) in [4.78, 5) is 45.6. The zero-order valence-electron chi connectivity index (χ0n) is 35.4. The van der Waals surface area contributed by atoms with Crippen LogP contribution in [0.3, 0.4) is 0 Å². The van der Waals surface area contributed by atoms with E-state index in [0.29, 0.717) is 32.5 Å². The first-order valence-corrected chi connectivity index (χ1v) is 19.6. The van der Waals surface area contributed by atoms with E-state index in [1.165, 1.54) is 29.4 Å². The van der Waals surface area contributed by atoms with E-state index < -0.39 is 24.0 Å². The van der Waals surface area contributed by atoms with Crippen LogP contribution in [0, 0.1) is 0 Å². The number of hydrogen-bond donors (Lipinski definition) is 0. The van der Waals surface area contributed by atoms with Crippen molar-refractivity contribution in [2.75, 3.05) is 13.7 Å². The third kappa shape index (κ3) is 11.3. The molecule has 7 heteroatoms. The predicted octanol–water partition coefficient (Wildman–Crippen LogP) is 9.54. The van der Waals surface area contributed by atoms with Gasteiger partial charge in [-0.25, -0.2) is 4.79 Å². The number of amides is 1. The van der Waals surface area contributed by atoms with Gasteiger partial charge in [0.1, 0.15) is 18.7 Å². The smallest absolute Gasteiger partial charge is 0.328 e. The monoisotopic (exact) mass is 738 g/mol. The number of nitrogens with zero attached hydrogens (tertiary/aromatic N) is 2. The molecule has 1 fully saturated rings. The first-order chi connectivity index (χ1) is 25.0. The van der Waals surface area contributed by atoms with Gasteiger partial charge in [0.05, 0.1) is 13.5 Å². The van der Waals surface area contributed by atoms with Crippen molar-refractivity contribution in [1.82, 2.24) is 9.80 Å². The maximum absolute atomic E-state index is 15.0. The zero-order valence-corrected chi connectivity index (χ0v) is 35.4. The van der Waals surface area contributed by atoms with Crippen molar-refractivity contribution in [3.63, 3.8) is 0 Å². The molecule has 4 rings (SSSR count). The quantitative estimate of drug-likeness (QED) is 0.183. The number of esters is 2. The minimum atomic E-state index is -0.897. The van der Waals surface area contributed by atoms with Crippen LogP contribution in [0.4, 0.5) is 0 Å². The number of benzene rings is 3. The van der Waals surface area contributed by atoms with Gasteiger partial charge in [-0.05, 0) is 73.4 Å². The molecule has 3 aromatic rings. The molecular formula is C47H66N2O5. The Morgan fingerprint density at radius 3 is 1.54 bits per heavy atom. The molecule has 1 aliphatic rings. The van der Waals surface area contributed by atoms with E-state index in [2.05, 4.69) is 124 Å². The molecule has 3 aromatic carbocycles. The van der Waals surface area contributed by atoms with Gasteiger partial charge in [0.25, 0.3) is 0 Å². The first-order valence-electron chi connectivity index (χ1n) is 19.6. The van der Waals surface area contributed by atoms with Crippen LogP contribution in [0.15, 0.2) is 66.7 Å². The Kier molecular flexibility index (Phi) is 13.3. The molecule has 0 aliphatic carbocycles. The van der Waals surface area contributed by atoms with Gasteiger partial charge in [0.15, 0.2) is 0 Å². The van der Waals surface area contributed by atoms with Gasteiger partial charge in [0, 0.05) is 19.6 Å². The summed E-state index contributed by atoms with van der Waals surface area (Å²) in [5.74, 6) is -1.16. The molecule has 2 atom stereocenters. The Balaban J connectivity index is 1.90. The third-order valence-electron chi connectivity index (χ3n) is 10.6. The Bertz CT molecular complexity index is 1630. The topological polar surface area (TPSA) is 76.1 Å². The number of ether oxygens (including phenoxy) is 2. The van der Waals surface area contributed by atoms with E-state index >= 15 is 0 Å². The van der Waals surface area contributed by atoms with Crippen molar-refractivity contribution in [3.8, 4) is 0 Å². The number of carbonyl (C=O) groups excluding carboxylic acids is 3. The minimum absolute atomic E-state index is 0.108. The highest BCUT2D eigenvalue weighted by molar-refractivity contribution is 5.90. The van der Waals surface area contributed by atoms with Crippen molar-refractivity contribution >= 4 is 17.8 Å². The molecule has 0 saturated carbocycles. The number of rotatable bonds is 11. The predicted molar refractivity (Wildman–Crippen MR) is 218 cm³/mol. The van der Waals surface area contributed by atoms with Gasteiger partial charge in [-0.2, -0.15) is 0 Å². The molecule has 0 unspecified atom stereocenters. The highest BCUT2D eigenvalue weighted by atomic mass is 16.5. The summed E-state index contributed by atoms with van der Waals surface area (Å²) in [5.41, 5.74) is 7.43. The molecule has 0 N–H and O–H groups in total. The molecule has 0 bridgehead atoms. The number of hydrogen-bond acceptors (Lipinski definition) is 6. The Morgan fingerprint density at radius 2 is 1.13 bits per heavy atom. The summed E-state index contributed by atoms with van der Waals surface area (Å²) in [6.07, 6.45) is 1.04. The fraction of sp³-hybridized carbons (Fsp3) is 0.553. The van der Waals surface area contributed by atoms with Gasteiger partial charge in [-0.1, -0.05) is 150 Å². The number of methoxy groups -OCH3 is 1. The highest BCUT2D eigenvalue weighted by Gasteiger charge is 2.41.